The van der Waals surface area contributed by atoms with Crippen LogP contribution in [0.5, 0.6) is 0 Å². The van der Waals surface area contributed by atoms with Gasteiger partial charge in [-0.1, -0.05) is 6.92 Å². The molecule has 0 saturated carbocycles. The predicted molar refractivity (Wildman–Crippen MR) is 21.0 cm³/mol. The van der Waals surface area contributed by atoms with Crippen LogP contribution < -0.4 is 0 Å². The number of carbonyl (C=O) groups excluding carboxylic acids is 1. The van der Waals surface area contributed by atoms with E-state index < -0.39 is 0 Å². The number of carbonyl (C=O) groups is 1. The van der Waals surface area contributed by atoms with Crippen LogP contribution in [0.2, 0.25) is 0 Å². The van der Waals surface area contributed by atoms with E-state index in [9.17, 15) is 4.79 Å². The molecule has 0 spiro atoms. The first-order chi connectivity index (χ1) is 2.41. The second-order valence-corrected chi connectivity index (χ2v) is 0.955. The van der Waals surface area contributed by atoms with Gasteiger partial charge in [0.25, 0.3) is 0 Å². The molecule has 0 aliphatic carbocycles. The molecule has 0 N–H and O–H groups in total. The average molecular weight is 73.1 g/mol. The maximum absolute atomic E-state index is 9.40. The Morgan fingerprint density at radius 2 is 2.40 bits per heavy atom. The second kappa shape index (κ2) is 3.67. The molecule has 0 aromatic heterocycles. The number of hydrogen-bond donors (Lipinski definition) is 0. The van der Waals surface area contributed by atoms with Crippen molar-refractivity contribution in [2.75, 3.05) is 0 Å². The predicted octanol–water partition coefficient (Wildman–Crippen LogP) is 0.985. The van der Waals surface area contributed by atoms with Gasteiger partial charge < -0.3 is 4.79 Å². The van der Waals surface area contributed by atoms with Gasteiger partial charge in [0.05, 0.1) is 0 Å². The standard InChI is InChI=1S/C4H8O/c1-2-3-4-5/h4H,2-3H2,1H3/i3+1. The minimum Gasteiger partial charge on any atom is -0.303 e. The summed E-state index contributed by atoms with van der Waals surface area (Å²) < 4.78 is 0. The lowest BCUT2D eigenvalue weighted by molar-refractivity contribution is -0.107. The lowest BCUT2D eigenvalue weighted by Gasteiger charge is -1.68. The molecule has 0 amide bonds. The summed E-state index contributed by atoms with van der Waals surface area (Å²) in [6.07, 6.45) is 2.61. The zero-order valence-electron chi connectivity index (χ0n) is 3.40. The summed E-state index contributed by atoms with van der Waals surface area (Å²) in [5, 5.41) is 0. The van der Waals surface area contributed by atoms with Crippen LogP contribution in [-0.4, -0.2) is 6.29 Å². The van der Waals surface area contributed by atoms with E-state index in [2.05, 4.69) is 0 Å². The Morgan fingerprint density at radius 1 is 1.80 bits per heavy atom. The molecule has 0 radical (unpaired) electrons. The molecular weight excluding hydrogens is 65.0 g/mol. The van der Waals surface area contributed by atoms with Crippen molar-refractivity contribution < 1.29 is 4.79 Å². The van der Waals surface area contributed by atoms with Crippen molar-refractivity contribution in [2.24, 2.45) is 0 Å². The van der Waals surface area contributed by atoms with Gasteiger partial charge in [-0.25, -0.2) is 0 Å². The van der Waals surface area contributed by atoms with E-state index in [1.807, 2.05) is 6.92 Å². The van der Waals surface area contributed by atoms with E-state index in [0.717, 1.165) is 12.7 Å². The zero-order chi connectivity index (χ0) is 4.12. The Hall–Kier alpha value is -0.330. The van der Waals surface area contributed by atoms with Crippen LogP contribution in [-0.2, 0) is 4.79 Å². The van der Waals surface area contributed by atoms with Gasteiger partial charge in [0.1, 0.15) is 6.29 Å². The van der Waals surface area contributed by atoms with E-state index in [0.29, 0.717) is 6.42 Å². The van der Waals surface area contributed by atoms with Crippen molar-refractivity contribution in [3.05, 3.63) is 0 Å². The third-order valence-electron chi connectivity index (χ3n) is 0.407. The number of hydrogen-bond acceptors (Lipinski definition) is 1. The largest absolute Gasteiger partial charge is 0.303 e. The summed E-state index contributed by atoms with van der Waals surface area (Å²) in [4.78, 5) is 9.40. The first-order valence-electron chi connectivity index (χ1n) is 1.85. The molecule has 0 fully saturated rings. The molecule has 0 aliphatic heterocycles. The van der Waals surface area contributed by atoms with Gasteiger partial charge in [-0.3, -0.25) is 0 Å². The van der Waals surface area contributed by atoms with Crippen LogP contribution in [0.4, 0.5) is 0 Å². The van der Waals surface area contributed by atoms with Crippen molar-refractivity contribution in [3.63, 3.8) is 0 Å². The first kappa shape index (κ1) is 4.67. The minimum absolute atomic E-state index is 0.708. The molecule has 0 saturated heterocycles. The third-order valence-corrected chi connectivity index (χ3v) is 0.407. The van der Waals surface area contributed by atoms with Crippen molar-refractivity contribution >= 4 is 6.29 Å². The van der Waals surface area contributed by atoms with E-state index in [4.69, 9.17) is 0 Å². The Labute approximate surface area is 32.0 Å². The van der Waals surface area contributed by atoms with Crippen LogP contribution in [0, 0.1) is 0 Å². The maximum Gasteiger partial charge on any atom is 0.119 e. The van der Waals surface area contributed by atoms with Crippen molar-refractivity contribution in [2.45, 2.75) is 19.8 Å². The number of aldehydes is 1. The Balaban J connectivity index is 2.40. The lowest BCUT2D eigenvalue weighted by atomic mass is 10.6. The van der Waals surface area contributed by atoms with Gasteiger partial charge in [-0.05, 0) is 6.42 Å². The molecule has 0 unspecified atom stereocenters. The molecule has 0 heterocycles. The van der Waals surface area contributed by atoms with Gasteiger partial charge in [0.15, 0.2) is 0 Å². The topological polar surface area (TPSA) is 17.1 Å². The molecule has 1 heteroatoms. The monoisotopic (exact) mass is 73.1 g/mol. The SMILES string of the molecule is CC[13CH2]C=O. The summed E-state index contributed by atoms with van der Waals surface area (Å²) in [5.41, 5.74) is 0. The molecule has 0 atom stereocenters. The van der Waals surface area contributed by atoms with Crippen molar-refractivity contribution in [1.82, 2.24) is 0 Å². The van der Waals surface area contributed by atoms with E-state index in [1.165, 1.54) is 0 Å². The fourth-order valence-corrected chi connectivity index (χ4v) is 0.118. The molecule has 0 bridgehead atoms. The average Bonchev–Trinajstić information content (AvgIpc) is 1.41. The van der Waals surface area contributed by atoms with Crippen LogP contribution in [0.3, 0.4) is 0 Å². The van der Waals surface area contributed by atoms with Crippen molar-refractivity contribution in [3.8, 4) is 0 Å². The van der Waals surface area contributed by atoms with Gasteiger partial charge in [0.2, 0.25) is 0 Å². The molecule has 0 rings (SSSR count). The van der Waals surface area contributed by atoms with Crippen LogP contribution in [0.25, 0.3) is 0 Å². The quantitative estimate of drug-likeness (QED) is 0.352. The van der Waals surface area contributed by atoms with Crippen LogP contribution in [0.15, 0.2) is 0 Å². The smallest absolute Gasteiger partial charge is 0.119 e. The van der Waals surface area contributed by atoms with Gasteiger partial charge >= 0.3 is 0 Å². The molecular formula is C4H8O. The summed E-state index contributed by atoms with van der Waals surface area (Å²) in [7, 11) is 0. The number of unbranched alkanes of at least 4 members (excludes halogenated alkanes) is 1. The Bertz CT molecular complexity index is 24.8. The van der Waals surface area contributed by atoms with Gasteiger partial charge in [-0.15, -0.1) is 0 Å². The van der Waals surface area contributed by atoms with Crippen LogP contribution in [0.1, 0.15) is 19.8 Å². The van der Waals surface area contributed by atoms with E-state index in [-0.39, 0.29) is 0 Å². The fraction of sp³-hybridized carbons (Fsp3) is 0.750. The number of rotatable bonds is 2. The highest BCUT2D eigenvalue weighted by atomic mass is 16.1. The Morgan fingerprint density at radius 3 is 2.40 bits per heavy atom. The highest BCUT2D eigenvalue weighted by molar-refractivity contribution is 5.48. The van der Waals surface area contributed by atoms with Crippen LogP contribution >= 0.6 is 0 Å². The first-order valence-corrected chi connectivity index (χ1v) is 1.85. The zero-order valence-corrected chi connectivity index (χ0v) is 3.40. The summed E-state index contributed by atoms with van der Waals surface area (Å²) in [6, 6.07) is 0. The lowest BCUT2D eigenvalue weighted by Crippen LogP contribution is -1.64. The molecule has 30 valence electrons. The van der Waals surface area contributed by atoms with E-state index in [1.54, 1.807) is 0 Å². The summed E-state index contributed by atoms with van der Waals surface area (Å²) in [6.45, 7) is 1.98. The Kier molecular flexibility index (Phi) is 3.43. The molecule has 1 nitrogen and oxygen atoms in total. The fourth-order valence-electron chi connectivity index (χ4n) is 0.118. The molecule has 0 aromatic carbocycles. The highest BCUT2D eigenvalue weighted by Crippen LogP contribution is 1.74. The van der Waals surface area contributed by atoms with E-state index >= 15 is 0 Å². The maximum atomic E-state index is 9.40. The van der Waals surface area contributed by atoms with Gasteiger partial charge in [0, 0.05) is 6.42 Å². The molecule has 0 aromatic rings. The second-order valence-electron chi connectivity index (χ2n) is 0.955. The third kappa shape index (κ3) is 3.67. The summed E-state index contributed by atoms with van der Waals surface area (Å²) >= 11 is 0. The minimum atomic E-state index is 0.708. The summed E-state index contributed by atoms with van der Waals surface area (Å²) in [5.74, 6) is 0. The van der Waals surface area contributed by atoms with Gasteiger partial charge in [-0.2, -0.15) is 0 Å². The highest BCUT2D eigenvalue weighted by Gasteiger charge is 1.66. The normalized spacial score (nSPS) is 7.40. The molecule has 0 aliphatic rings. The van der Waals surface area contributed by atoms with Crippen molar-refractivity contribution in [1.29, 1.82) is 0 Å². The molecule has 5 heavy (non-hydrogen) atoms.